The van der Waals surface area contributed by atoms with E-state index in [1.54, 1.807) is 19.2 Å². The van der Waals surface area contributed by atoms with E-state index in [9.17, 15) is 9.90 Å². The maximum atomic E-state index is 11.9. The summed E-state index contributed by atoms with van der Waals surface area (Å²) in [5.41, 5.74) is 0.966. The van der Waals surface area contributed by atoms with Gasteiger partial charge in [0.2, 0.25) is 0 Å². The highest BCUT2D eigenvalue weighted by Gasteiger charge is 2.21. The Bertz CT molecular complexity index is 473. The van der Waals surface area contributed by atoms with Crippen LogP contribution in [0.15, 0.2) is 24.3 Å². The lowest BCUT2D eigenvalue weighted by atomic mass is 9.93. The molecule has 122 valence electrons. The molecule has 0 heterocycles. The quantitative estimate of drug-likeness (QED) is 0.779. The molecule has 22 heavy (non-hydrogen) atoms. The number of hydrogen-bond acceptors (Lipinski definition) is 3. The molecule has 1 aliphatic carbocycles. The number of carbonyl (C=O) groups is 1. The van der Waals surface area contributed by atoms with E-state index in [1.807, 2.05) is 12.1 Å². The van der Waals surface area contributed by atoms with Crippen molar-refractivity contribution in [2.24, 2.45) is 0 Å². The van der Waals surface area contributed by atoms with Crippen molar-refractivity contribution in [3.63, 3.8) is 0 Å². The average Bonchev–Trinajstić information content (AvgIpc) is 2.52. The molecule has 1 aromatic rings. The molecule has 0 aromatic heterocycles. The number of hydrogen-bond donors (Lipinski definition) is 3. The first kappa shape index (κ1) is 17.1. The van der Waals surface area contributed by atoms with Gasteiger partial charge in [-0.3, -0.25) is 0 Å². The Morgan fingerprint density at radius 3 is 2.55 bits per heavy atom. The molecule has 1 saturated carbocycles. The summed E-state index contributed by atoms with van der Waals surface area (Å²) >= 11 is 5.87. The highest BCUT2D eigenvalue weighted by Crippen LogP contribution is 2.19. The number of carbonyl (C=O) groups excluding carboxylic acids is 1. The van der Waals surface area contributed by atoms with Gasteiger partial charge in [0.25, 0.3) is 0 Å². The van der Waals surface area contributed by atoms with Crippen molar-refractivity contribution in [2.75, 3.05) is 13.7 Å². The van der Waals surface area contributed by atoms with Gasteiger partial charge in [-0.25, -0.2) is 4.79 Å². The first-order valence-corrected chi connectivity index (χ1v) is 7.97. The van der Waals surface area contributed by atoms with Crippen LogP contribution in [0.25, 0.3) is 0 Å². The molecular formula is C16H23ClN2O3. The molecule has 3 N–H and O–H groups in total. The van der Waals surface area contributed by atoms with Crippen LogP contribution >= 0.6 is 11.6 Å². The minimum absolute atomic E-state index is 0.139. The Labute approximate surface area is 136 Å². The van der Waals surface area contributed by atoms with Crippen LogP contribution in [0, 0.1) is 0 Å². The van der Waals surface area contributed by atoms with Gasteiger partial charge in [-0.1, -0.05) is 23.7 Å². The SMILES string of the molecule is CO[C@@H](CNC(=O)NC1CCC(O)CC1)c1ccc(Cl)cc1. The fraction of sp³-hybridized carbons (Fsp3) is 0.562. The van der Waals surface area contributed by atoms with Crippen LogP contribution in [-0.2, 0) is 4.74 Å². The van der Waals surface area contributed by atoms with E-state index in [2.05, 4.69) is 10.6 Å². The molecule has 0 saturated heterocycles. The molecule has 0 bridgehead atoms. The number of halogens is 1. The van der Waals surface area contributed by atoms with Crippen molar-refractivity contribution >= 4 is 17.6 Å². The maximum Gasteiger partial charge on any atom is 0.315 e. The van der Waals surface area contributed by atoms with Crippen LogP contribution in [0.2, 0.25) is 5.02 Å². The highest BCUT2D eigenvalue weighted by atomic mass is 35.5. The largest absolute Gasteiger partial charge is 0.393 e. The zero-order valence-electron chi connectivity index (χ0n) is 12.7. The number of nitrogens with one attached hydrogen (secondary N) is 2. The van der Waals surface area contributed by atoms with Crippen molar-refractivity contribution < 1.29 is 14.6 Å². The predicted octanol–water partition coefficient (Wildman–Crippen LogP) is 2.63. The van der Waals surface area contributed by atoms with Crippen molar-refractivity contribution in [1.82, 2.24) is 10.6 Å². The zero-order chi connectivity index (χ0) is 15.9. The van der Waals surface area contributed by atoms with Crippen LogP contribution in [0.5, 0.6) is 0 Å². The molecule has 2 rings (SSSR count). The lowest BCUT2D eigenvalue weighted by Crippen LogP contribution is -2.45. The predicted molar refractivity (Wildman–Crippen MR) is 86.0 cm³/mol. The lowest BCUT2D eigenvalue weighted by molar-refractivity contribution is 0.102. The summed E-state index contributed by atoms with van der Waals surface area (Å²) in [5.74, 6) is 0. The minimum Gasteiger partial charge on any atom is -0.393 e. The molecule has 0 radical (unpaired) electrons. The van der Waals surface area contributed by atoms with E-state index >= 15 is 0 Å². The number of aliphatic hydroxyl groups is 1. The van der Waals surface area contributed by atoms with Crippen molar-refractivity contribution in [3.8, 4) is 0 Å². The van der Waals surface area contributed by atoms with Crippen LogP contribution in [0.3, 0.4) is 0 Å². The third-order valence-electron chi connectivity index (χ3n) is 4.01. The number of aliphatic hydroxyl groups excluding tert-OH is 1. The van der Waals surface area contributed by atoms with Crippen LogP contribution < -0.4 is 10.6 Å². The lowest BCUT2D eigenvalue weighted by Gasteiger charge is -2.26. The molecule has 1 fully saturated rings. The van der Waals surface area contributed by atoms with Crippen molar-refractivity contribution in [1.29, 1.82) is 0 Å². The third-order valence-corrected chi connectivity index (χ3v) is 4.26. The van der Waals surface area contributed by atoms with E-state index in [0.717, 1.165) is 31.2 Å². The molecule has 1 atom stereocenters. The minimum atomic E-state index is -0.219. The molecule has 6 heteroatoms. The number of benzene rings is 1. The normalized spacial score (nSPS) is 22.9. The Kier molecular flexibility index (Phi) is 6.49. The summed E-state index contributed by atoms with van der Waals surface area (Å²) in [5, 5.41) is 15.9. The van der Waals surface area contributed by atoms with Gasteiger partial charge >= 0.3 is 6.03 Å². The number of ether oxygens (including phenoxy) is 1. The molecule has 1 aliphatic rings. The van der Waals surface area contributed by atoms with Gasteiger partial charge in [-0.2, -0.15) is 0 Å². The van der Waals surface area contributed by atoms with Gasteiger partial charge in [0.05, 0.1) is 12.2 Å². The maximum absolute atomic E-state index is 11.9. The van der Waals surface area contributed by atoms with Crippen LogP contribution in [-0.4, -0.2) is 36.9 Å². The second-order valence-corrected chi connectivity index (χ2v) is 6.07. The van der Waals surface area contributed by atoms with Gasteiger partial charge in [0.1, 0.15) is 0 Å². The summed E-state index contributed by atoms with van der Waals surface area (Å²) in [6.45, 7) is 0.388. The summed E-state index contributed by atoms with van der Waals surface area (Å²) in [7, 11) is 1.61. The van der Waals surface area contributed by atoms with Gasteiger partial charge in [-0.15, -0.1) is 0 Å². The van der Waals surface area contributed by atoms with E-state index < -0.39 is 0 Å². The Hall–Kier alpha value is -1.30. The van der Waals surface area contributed by atoms with E-state index in [-0.39, 0.29) is 24.3 Å². The molecule has 5 nitrogen and oxygen atoms in total. The fourth-order valence-corrected chi connectivity index (χ4v) is 2.78. The fourth-order valence-electron chi connectivity index (χ4n) is 2.66. The number of urea groups is 1. The second-order valence-electron chi connectivity index (χ2n) is 5.64. The van der Waals surface area contributed by atoms with Gasteiger partial charge in [0, 0.05) is 24.7 Å². The molecule has 0 spiro atoms. The van der Waals surface area contributed by atoms with Gasteiger partial charge < -0.3 is 20.5 Å². The van der Waals surface area contributed by atoms with Gasteiger partial charge in [0.15, 0.2) is 0 Å². The molecule has 2 amide bonds. The standard InChI is InChI=1S/C16H23ClN2O3/c1-22-15(11-2-4-12(17)5-3-11)10-18-16(21)19-13-6-8-14(20)9-7-13/h2-5,13-15,20H,6-10H2,1H3,(H2,18,19,21)/t13?,14?,15-/m0/s1. The van der Waals surface area contributed by atoms with E-state index in [1.165, 1.54) is 0 Å². The first-order chi connectivity index (χ1) is 10.6. The molecular weight excluding hydrogens is 304 g/mol. The van der Waals surface area contributed by atoms with Crippen molar-refractivity contribution in [2.45, 2.75) is 43.9 Å². The molecule has 0 aliphatic heterocycles. The summed E-state index contributed by atoms with van der Waals surface area (Å²) in [4.78, 5) is 11.9. The number of rotatable bonds is 5. The average molecular weight is 327 g/mol. The Balaban J connectivity index is 1.77. The van der Waals surface area contributed by atoms with Crippen LogP contribution in [0.1, 0.15) is 37.4 Å². The van der Waals surface area contributed by atoms with E-state index in [0.29, 0.717) is 11.6 Å². The summed E-state index contributed by atoms with van der Waals surface area (Å²) < 4.78 is 5.41. The first-order valence-electron chi connectivity index (χ1n) is 7.59. The smallest absolute Gasteiger partial charge is 0.315 e. The summed E-state index contributed by atoms with van der Waals surface area (Å²) in [6, 6.07) is 7.32. The van der Waals surface area contributed by atoms with E-state index in [4.69, 9.17) is 16.3 Å². The number of amides is 2. The monoisotopic (exact) mass is 326 g/mol. The van der Waals surface area contributed by atoms with Gasteiger partial charge in [-0.05, 0) is 43.4 Å². The Morgan fingerprint density at radius 1 is 1.32 bits per heavy atom. The Morgan fingerprint density at radius 2 is 1.95 bits per heavy atom. The zero-order valence-corrected chi connectivity index (χ0v) is 13.5. The summed E-state index contributed by atoms with van der Waals surface area (Å²) in [6.07, 6.45) is 2.70. The third kappa shape index (κ3) is 5.16. The molecule has 1 aromatic carbocycles. The second kappa shape index (κ2) is 8.36. The molecule has 0 unspecified atom stereocenters. The topological polar surface area (TPSA) is 70.6 Å². The van der Waals surface area contributed by atoms with Crippen molar-refractivity contribution in [3.05, 3.63) is 34.9 Å². The number of methoxy groups -OCH3 is 1. The van der Waals surface area contributed by atoms with Crippen LogP contribution in [0.4, 0.5) is 4.79 Å². The highest BCUT2D eigenvalue weighted by molar-refractivity contribution is 6.30.